The Morgan fingerprint density at radius 1 is 1.00 bits per heavy atom. The Balaban J connectivity index is 1.71. The van der Waals surface area contributed by atoms with Crippen LogP contribution in [-0.4, -0.2) is 36.0 Å². The molecule has 4 nitrogen and oxygen atoms in total. The van der Waals surface area contributed by atoms with E-state index >= 15 is 0 Å². The molecule has 2 aromatic carbocycles. The van der Waals surface area contributed by atoms with E-state index in [1.54, 1.807) is 0 Å². The predicted molar refractivity (Wildman–Crippen MR) is 132 cm³/mol. The third kappa shape index (κ3) is 5.95. The molecule has 1 aliphatic rings. The minimum absolute atomic E-state index is 0.0551. The van der Waals surface area contributed by atoms with Crippen LogP contribution in [-0.2, 0) is 20.9 Å². The molecule has 1 fully saturated rings. The van der Waals surface area contributed by atoms with Gasteiger partial charge in [-0.3, -0.25) is 0 Å². The molecular formula is C26H36NO3P. The van der Waals surface area contributed by atoms with Gasteiger partial charge in [-0.25, -0.2) is 0 Å². The van der Waals surface area contributed by atoms with Crippen LogP contribution in [0.15, 0.2) is 42.5 Å². The van der Waals surface area contributed by atoms with Crippen LogP contribution in [0, 0.1) is 20.8 Å². The second-order valence-electron chi connectivity index (χ2n) is 9.23. The van der Waals surface area contributed by atoms with E-state index in [1.807, 2.05) is 51.1 Å². The molecular weight excluding hydrogens is 405 g/mol. The number of carbonyl (C=O) groups is 2. The molecule has 1 amide bonds. The first kappa shape index (κ1) is 23.5. The van der Waals surface area contributed by atoms with E-state index in [1.165, 1.54) is 12.0 Å². The van der Waals surface area contributed by atoms with E-state index in [0.29, 0.717) is 12.8 Å². The van der Waals surface area contributed by atoms with Gasteiger partial charge in [-0.1, -0.05) is 0 Å². The summed E-state index contributed by atoms with van der Waals surface area (Å²) in [5.41, 5.74) is 5.14. The summed E-state index contributed by atoms with van der Waals surface area (Å²) in [7, 11) is -2.14. The fraction of sp³-hybridized carbons (Fsp3) is 0.462. The molecule has 0 aliphatic carbocycles. The fourth-order valence-electron chi connectivity index (χ4n) is 4.98. The summed E-state index contributed by atoms with van der Waals surface area (Å²) in [5.74, 6) is -0.0979. The van der Waals surface area contributed by atoms with Crippen molar-refractivity contribution in [1.29, 1.82) is 0 Å². The van der Waals surface area contributed by atoms with Crippen molar-refractivity contribution in [2.24, 2.45) is 0 Å². The zero-order valence-corrected chi connectivity index (χ0v) is 20.3. The van der Waals surface area contributed by atoms with Crippen molar-refractivity contribution in [3.8, 4) is 0 Å². The first-order valence-corrected chi connectivity index (χ1v) is 14.1. The van der Waals surface area contributed by atoms with Crippen LogP contribution in [0.5, 0.6) is 0 Å². The molecule has 1 atom stereocenters. The van der Waals surface area contributed by atoms with Gasteiger partial charge in [-0.15, -0.1) is 0 Å². The third-order valence-electron chi connectivity index (χ3n) is 6.83. The number of benzene rings is 2. The van der Waals surface area contributed by atoms with Gasteiger partial charge in [0.05, 0.1) is 0 Å². The van der Waals surface area contributed by atoms with Gasteiger partial charge in [0, 0.05) is 0 Å². The quantitative estimate of drug-likeness (QED) is 0.448. The summed E-state index contributed by atoms with van der Waals surface area (Å²) in [4.78, 5) is 26.1. The molecule has 0 aromatic heterocycles. The fourth-order valence-corrected chi connectivity index (χ4v) is 9.97. The van der Waals surface area contributed by atoms with Gasteiger partial charge < -0.3 is 0 Å². The zero-order chi connectivity index (χ0) is 22.4. The van der Waals surface area contributed by atoms with Crippen LogP contribution < -0.4 is 5.32 Å². The van der Waals surface area contributed by atoms with E-state index < -0.39 is 7.26 Å². The standard InChI is InChI=1S/C26H36NO3P/c1-19-15-20(2)25(21(3)16-19)27-26(29)22(4)31(13-9-6-10-14-31)18-24(28)30-17-23-11-7-5-8-12-23/h5,7-8,11-12,15-16,22,31H,6,9-10,13-14,17-18H2,1-4H3,(H,27,29). The van der Waals surface area contributed by atoms with E-state index in [4.69, 9.17) is 4.74 Å². The second kappa shape index (κ2) is 10.4. The normalized spacial score (nSPS) is 17.4. The molecule has 0 spiro atoms. The Kier molecular flexibility index (Phi) is 7.89. The number of amides is 1. The summed E-state index contributed by atoms with van der Waals surface area (Å²) in [5, 5.41) is 3.20. The number of hydrogen-bond acceptors (Lipinski definition) is 3. The monoisotopic (exact) mass is 441 g/mol. The molecule has 5 heteroatoms. The van der Waals surface area contributed by atoms with E-state index in [9.17, 15) is 9.59 Å². The molecule has 1 N–H and O–H groups in total. The Bertz CT molecular complexity index is 896. The van der Waals surface area contributed by atoms with Crippen molar-refractivity contribution >= 4 is 24.8 Å². The number of rotatable bonds is 7. The van der Waals surface area contributed by atoms with Crippen LogP contribution in [0.4, 0.5) is 5.69 Å². The Morgan fingerprint density at radius 2 is 1.61 bits per heavy atom. The van der Waals surface area contributed by atoms with Gasteiger partial charge in [0.1, 0.15) is 0 Å². The van der Waals surface area contributed by atoms with Crippen LogP contribution in [0.3, 0.4) is 0 Å². The van der Waals surface area contributed by atoms with Crippen LogP contribution in [0.1, 0.15) is 48.4 Å². The maximum atomic E-state index is 13.3. The average molecular weight is 442 g/mol. The second-order valence-corrected chi connectivity index (χ2v) is 14.2. The summed E-state index contributed by atoms with van der Waals surface area (Å²) >= 11 is 0. The van der Waals surface area contributed by atoms with Gasteiger partial charge in [0.25, 0.3) is 0 Å². The number of hydrogen-bond donors (Lipinski definition) is 1. The molecule has 0 saturated carbocycles. The van der Waals surface area contributed by atoms with E-state index in [2.05, 4.69) is 24.4 Å². The number of carbonyl (C=O) groups excluding carboxylic acids is 2. The zero-order valence-electron chi connectivity index (χ0n) is 19.3. The molecule has 1 unspecified atom stereocenters. The van der Waals surface area contributed by atoms with Gasteiger partial charge >= 0.3 is 187 Å². The topological polar surface area (TPSA) is 55.4 Å². The van der Waals surface area contributed by atoms with Crippen molar-refractivity contribution in [3.63, 3.8) is 0 Å². The number of esters is 1. The molecule has 0 radical (unpaired) electrons. The van der Waals surface area contributed by atoms with Crippen LogP contribution >= 0.6 is 7.26 Å². The third-order valence-corrected chi connectivity index (χ3v) is 12.6. The number of aryl methyl sites for hydroxylation is 3. The van der Waals surface area contributed by atoms with E-state index in [-0.39, 0.29) is 17.5 Å². The van der Waals surface area contributed by atoms with Crippen LogP contribution in [0.2, 0.25) is 0 Å². The van der Waals surface area contributed by atoms with Crippen molar-refractivity contribution in [2.45, 2.75) is 59.2 Å². The summed E-state index contributed by atoms with van der Waals surface area (Å²) < 4.78 is 5.62. The molecule has 2 aromatic rings. The van der Waals surface area contributed by atoms with Gasteiger partial charge in [0.15, 0.2) is 0 Å². The number of nitrogens with one attached hydrogen (secondary N) is 1. The summed E-state index contributed by atoms with van der Waals surface area (Å²) in [6, 6.07) is 14.0. The Morgan fingerprint density at radius 3 is 2.23 bits per heavy atom. The molecule has 3 rings (SSSR count). The first-order valence-electron chi connectivity index (χ1n) is 11.4. The van der Waals surface area contributed by atoms with Crippen molar-refractivity contribution in [3.05, 3.63) is 64.7 Å². The molecule has 1 saturated heterocycles. The van der Waals surface area contributed by atoms with Gasteiger partial charge in [0.2, 0.25) is 0 Å². The minimum atomic E-state index is -2.14. The Hall–Kier alpha value is -2.19. The van der Waals surface area contributed by atoms with Gasteiger partial charge in [-0.05, 0) is 0 Å². The molecule has 31 heavy (non-hydrogen) atoms. The van der Waals surface area contributed by atoms with Crippen molar-refractivity contribution in [2.75, 3.05) is 23.8 Å². The average Bonchev–Trinajstić information content (AvgIpc) is 2.75. The number of anilines is 1. The molecule has 1 heterocycles. The predicted octanol–water partition coefficient (Wildman–Crippen LogP) is 5.62. The van der Waals surface area contributed by atoms with Gasteiger partial charge in [-0.2, -0.15) is 0 Å². The Labute approximate surface area is 187 Å². The van der Waals surface area contributed by atoms with Crippen LogP contribution in [0.25, 0.3) is 0 Å². The molecule has 168 valence electrons. The summed E-state index contributed by atoms with van der Waals surface area (Å²) in [6.07, 6.45) is 5.89. The first-order chi connectivity index (χ1) is 14.8. The van der Waals surface area contributed by atoms with Crippen molar-refractivity contribution in [1.82, 2.24) is 0 Å². The van der Waals surface area contributed by atoms with E-state index in [0.717, 1.165) is 47.5 Å². The van der Waals surface area contributed by atoms with Crippen molar-refractivity contribution < 1.29 is 14.3 Å². The molecule has 0 bridgehead atoms. The SMILES string of the molecule is Cc1cc(C)c(NC(=O)C(C)[PH]2(CC(=O)OCc3ccccc3)CCCCC2)c(C)c1. The number of ether oxygens (including phenoxy) is 1. The molecule has 1 aliphatic heterocycles. The maximum absolute atomic E-state index is 13.3. The summed E-state index contributed by atoms with van der Waals surface area (Å²) in [6.45, 7) is 8.48.